The Balaban J connectivity index is 1.47. The summed E-state index contributed by atoms with van der Waals surface area (Å²) in [5, 5.41) is 11.1. The molecule has 0 aliphatic heterocycles. The lowest BCUT2D eigenvalue weighted by molar-refractivity contribution is 0.102. The number of benzene rings is 2. The Morgan fingerprint density at radius 2 is 1.97 bits per heavy atom. The standard InChI is InChI=1S/C21H18BrN5O2S/c1-14-24-20(29-26-14)13-30-18-5-3-2-4-17(18)21(28)25-19-10-11-23-27(19)12-15-6-8-16(22)9-7-15/h2-11H,12-13H2,1H3,(H,25,28). The summed E-state index contributed by atoms with van der Waals surface area (Å²) in [7, 11) is 0. The quantitative estimate of drug-likeness (QED) is 0.375. The van der Waals surface area contributed by atoms with E-state index in [1.54, 1.807) is 29.9 Å². The molecule has 2 aromatic carbocycles. The van der Waals surface area contributed by atoms with Crippen molar-refractivity contribution >= 4 is 39.4 Å². The number of amides is 1. The van der Waals surface area contributed by atoms with Gasteiger partial charge < -0.3 is 9.84 Å². The maximum Gasteiger partial charge on any atom is 0.257 e. The van der Waals surface area contributed by atoms with Crippen LogP contribution in [0.15, 0.2) is 74.7 Å². The third-order valence-corrected chi connectivity index (χ3v) is 5.84. The molecule has 0 saturated heterocycles. The van der Waals surface area contributed by atoms with Crippen molar-refractivity contribution in [3.05, 3.63) is 88.1 Å². The van der Waals surface area contributed by atoms with Crippen molar-refractivity contribution in [2.24, 2.45) is 0 Å². The van der Waals surface area contributed by atoms with Crippen LogP contribution in [0, 0.1) is 6.92 Å². The van der Waals surface area contributed by atoms with E-state index in [9.17, 15) is 4.79 Å². The van der Waals surface area contributed by atoms with Gasteiger partial charge in [-0.2, -0.15) is 10.1 Å². The highest BCUT2D eigenvalue weighted by Gasteiger charge is 2.15. The average Bonchev–Trinajstić information content (AvgIpc) is 3.37. The number of carbonyl (C=O) groups is 1. The lowest BCUT2D eigenvalue weighted by Crippen LogP contribution is -2.17. The number of aryl methyl sites for hydroxylation is 1. The van der Waals surface area contributed by atoms with Gasteiger partial charge in [0.1, 0.15) is 5.82 Å². The van der Waals surface area contributed by atoms with Gasteiger partial charge in [-0.05, 0) is 36.8 Å². The molecule has 0 aliphatic rings. The number of rotatable bonds is 7. The molecule has 0 aliphatic carbocycles. The number of halogens is 1. The molecule has 4 aromatic rings. The summed E-state index contributed by atoms with van der Waals surface area (Å²) < 4.78 is 7.93. The van der Waals surface area contributed by atoms with Crippen molar-refractivity contribution in [1.29, 1.82) is 0 Å². The van der Waals surface area contributed by atoms with Crippen LogP contribution in [0.2, 0.25) is 0 Å². The third kappa shape index (κ3) is 4.98. The first-order valence-electron chi connectivity index (χ1n) is 9.17. The molecule has 2 heterocycles. The van der Waals surface area contributed by atoms with Crippen LogP contribution in [0.3, 0.4) is 0 Å². The summed E-state index contributed by atoms with van der Waals surface area (Å²) in [6, 6.07) is 17.2. The van der Waals surface area contributed by atoms with Gasteiger partial charge in [0, 0.05) is 15.4 Å². The maximum absolute atomic E-state index is 13.0. The second kappa shape index (κ2) is 9.27. The fraction of sp³-hybridized carbons (Fsp3) is 0.143. The van der Waals surface area contributed by atoms with Crippen LogP contribution >= 0.6 is 27.7 Å². The van der Waals surface area contributed by atoms with E-state index >= 15 is 0 Å². The van der Waals surface area contributed by atoms with E-state index in [0.717, 1.165) is 14.9 Å². The SMILES string of the molecule is Cc1noc(CSc2ccccc2C(=O)Nc2ccnn2Cc2ccc(Br)cc2)n1. The molecule has 30 heavy (non-hydrogen) atoms. The monoisotopic (exact) mass is 483 g/mol. The minimum absolute atomic E-state index is 0.197. The van der Waals surface area contributed by atoms with Gasteiger partial charge in [-0.25, -0.2) is 4.68 Å². The first-order valence-corrected chi connectivity index (χ1v) is 10.9. The van der Waals surface area contributed by atoms with Gasteiger partial charge in [0.05, 0.1) is 24.1 Å². The van der Waals surface area contributed by atoms with E-state index in [0.29, 0.717) is 35.4 Å². The Bertz CT molecular complexity index is 1160. The number of hydrogen-bond donors (Lipinski definition) is 1. The summed E-state index contributed by atoms with van der Waals surface area (Å²) in [5.74, 6) is 2.05. The van der Waals surface area contributed by atoms with Gasteiger partial charge in [0.25, 0.3) is 5.91 Å². The van der Waals surface area contributed by atoms with E-state index in [1.165, 1.54) is 11.8 Å². The molecule has 2 aromatic heterocycles. The van der Waals surface area contributed by atoms with E-state index in [-0.39, 0.29) is 5.91 Å². The molecule has 7 nitrogen and oxygen atoms in total. The smallest absolute Gasteiger partial charge is 0.257 e. The van der Waals surface area contributed by atoms with E-state index in [2.05, 4.69) is 36.5 Å². The molecule has 0 fully saturated rings. The highest BCUT2D eigenvalue weighted by atomic mass is 79.9. The van der Waals surface area contributed by atoms with Crippen molar-refractivity contribution in [2.75, 3.05) is 5.32 Å². The molecule has 1 N–H and O–H groups in total. The van der Waals surface area contributed by atoms with E-state index < -0.39 is 0 Å². The lowest BCUT2D eigenvalue weighted by atomic mass is 10.2. The number of thioether (sulfide) groups is 1. The van der Waals surface area contributed by atoms with Crippen molar-refractivity contribution < 1.29 is 9.32 Å². The van der Waals surface area contributed by atoms with E-state index in [4.69, 9.17) is 4.52 Å². The number of hydrogen-bond acceptors (Lipinski definition) is 6. The van der Waals surface area contributed by atoms with Gasteiger partial charge in [0.2, 0.25) is 5.89 Å². The normalized spacial score (nSPS) is 10.9. The molecule has 0 unspecified atom stereocenters. The van der Waals surface area contributed by atoms with Gasteiger partial charge in [0.15, 0.2) is 5.82 Å². The lowest BCUT2D eigenvalue weighted by Gasteiger charge is -2.11. The minimum Gasteiger partial charge on any atom is -0.338 e. The first kappa shape index (κ1) is 20.4. The Hall–Kier alpha value is -2.91. The van der Waals surface area contributed by atoms with Gasteiger partial charge >= 0.3 is 0 Å². The highest BCUT2D eigenvalue weighted by Crippen LogP contribution is 2.26. The second-order valence-corrected chi connectivity index (χ2v) is 8.41. The van der Waals surface area contributed by atoms with E-state index in [1.807, 2.05) is 42.5 Å². The zero-order valence-electron chi connectivity index (χ0n) is 16.1. The fourth-order valence-electron chi connectivity index (χ4n) is 2.83. The van der Waals surface area contributed by atoms with Crippen LogP contribution in [0.4, 0.5) is 5.82 Å². The fourth-order valence-corrected chi connectivity index (χ4v) is 3.98. The largest absolute Gasteiger partial charge is 0.338 e. The number of aromatic nitrogens is 4. The Labute approximate surface area is 186 Å². The zero-order valence-corrected chi connectivity index (χ0v) is 18.5. The molecule has 0 radical (unpaired) electrons. The zero-order chi connectivity index (χ0) is 20.9. The average molecular weight is 484 g/mol. The highest BCUT2D eigenvalue weighted by molar-refractivity contribution is 9.10. The summed E-state index contributed by atoms with van der Waals surface area (Å²) in [6.45, 7) is 2.33. The number of nitrogens with one attached hydrogen (secondary N) is 1. The predicted octanol–water partition coefficient (Wildman–Crippen LogP) is 4.93. The Morgan fingerprint density at radius 1 is 1.17 bits per heavy atom. The molecule has 1 amide bonds. The summed E-state index contributed by atoms with van der Waals surface area (Å²) >= 11 is 4.92. The Kier molecular flexibility index (Phi) is 6.29. The number of nitrogens with zero attached hydrogens (tertiary/aromatic N) is 4. The predicted molar refractivity (Wildman–Crippen MR) is 118 cm³/mol. The summed E-state index contributed by atoms with van der Waals surface area (Å²) in [5.41, 5.74) is 1.67. The molecule has 4 rings (SSSR count). The van der Waals surface area contributed by atoms with Crippen LogP contribution in [0.1, 0.15) is 27.6 Å². The van der Waals surface area contributed by atoms with Gasteiger partial charge in [-0.15, -0.1) is 11.8 Å². The molecule has 9 heteroatoms. The summed E-state index contributed by atoms with van der Waals surface area (Å²) in [6.07, 6.45) is 1.67. The first-order chi connectivity index (χ1) is 14.6. The van der Waals surface area contributed by atoms with Crippen molar-refractivity contribution in [2.45, 2.75) is 24.1 Å². The molecule has 152 valence electrons. The van der Waals surface area contributed by atoms with Crippen LogP contribution in [-0.2, 0) is 12.3 Å². The minimum atomic E-state index is -0.197. The molecule has 0 spiro atoms. The molecular weight excluding hydrogens is 466 g/mol. The van der Waals surface area contributed by atoms with Crippen LogP contribution in [0.25, 0.3) is 0 Å². The Morgan fingerprint density at radius 3 is 2.73 bits per heavy atom. The van der Waals surface area contributed by atoms with Gasteiger partial charge in [-0.1, -0.05) is 45.4 Å². The van der Waals surface area contributed by atoms with Crippen molar-refractivity contribution in [3.63, 3.8) is 0 Å². The number of anilines is 1. The van der Waals surface area contributed by atoms with Crippen molar-refractivity contribution in [1.82, 2.24) is 19.9 Å². The number of carbonyl (C=O) groups excluding carboxylic acids is 1. The van der Waals surface area contributed by atoms with Gasteiger partial charge in [-0.3, -0.25) is 4.79 Å². The maximum atomic E-state index is 13.0. The van der Waals surface area contributed by atoms with Crippen LogP contribution in [-0.4, -0.2) is 25.8 Å². The molecule has 0 atom stereocenters. The summed E-state index contributed by atoms with van der Waals surface area (Å²) in [4.78, 5) is 18.0. The van der Waals surface area contributed by atoms with Crippen LogP contribution in [0.5, 0.6) is 0 Å². The third-order valence-electron chi connectivity index (χ3n) is 4.26. The van der Waals surface area contributed by atoms with Crippen LogP contribution < -0.4 is 5.32 Å². The molecular formula is C21H18BrN5O2S. The molecule has 0 saturated carbocycles. The van der Waals surface area contributed by atoms with Crippen molar-refractivity contribution in [3.8, 4) is 0 Å². The molecule has 0 bridgehead atoms. The second-order valence-electron chi connectivity index (χ2n) is 6.47. The topological polar surface area (TPSA) is 85.8 Å².